The first-order valence-corrected chi connectivity index (χ1v) is 25.5. The van der Waals surface area contributed by atoms with E-state index >= 15 is 0 Å². The summed E-state index contributed by atoms with van der Waals surface area (Å²) in [6, 6.07) is 50.4. The highest BCUT2D eigenvalue weighted by molar-refractivity contribution is 5.89. The molecular weight excluding hydrogens is 807 g/mol. The van der Waals surface area contributed by atoms with Gasteiger partial charge in [0.05, 0.1) is 11.0 Å². The maximum absolute atomic E-state index is 2.78. The molecule has 334 valence electrons. The standard InChI is InChI=1S/C66H65N/c1-43-32-34-50(35-33-43)66(57-31-19-20-44(2)47(57)5)59-38-39-64(6,42-56(59)63-61(66)40-46(4)53-29-18-21-45(3)62(53)63)67(51-26-14-9-15-27-51)52-36-37-55-54-28-16-17-30-58(54)65(60(55)41-52,48-22-10-7-11-23-48)49-24-12-8-13-25-49/h7-19,22-32,34-38,41-47,57H,20-21,33,39-40H2,1-6H3. The van der Waals surface area contributed by atoms with Crippen LogP contribution in [0, 0.1) is 40.9 Å². The third kappa shape index (κ3) is 6.12. The van der Waals surface area contributed by atoms with Crippen molar-refractivity contribution in [2.24, 2.45) is 40.9 Å². The summed E-state index contributed by atoms with van der Waals surface area (Å²) in [6.07, 6.45) is 28.8. The molecule has 5 aromatic rings. The van der Waals surface area contributed by atoms with Crippen LogP contribution in [0.3, 0.4) is 0 Å². The first-order chi connectivity index (χ1) is 32.7. The zero-order valence-corrected chi connectivity index (χ0v) is 40.3. The monoisotopic (exact) mass is 872 g/mol. The largest absolute Gasteiger partial charge is 0.332 e. The molecule has 5 aromatic carbocycles. The minimum atomic E-state index is -0.483. The lowest BCUT2D eigenvalue weighted by Gasteiger charge is -2.50. The van der Waals surface area contributed by atoms with Crippen LogP contribution < -0.4 is 4.90 Å². The number of hydrogen-bond donors (Lipinski definition) is 0. The van der Waals surface area contributed by atoms with E-state index in [2.05, 4.69) is 235 Å². The van der Waals surface area contributed by atoms with Gasteiger partial charge in [-0.2, -0.15) is 0 Å². The Labute approximate surface area is 400 Å². The van der Waals surface area contributed by atoms with E-state index in [1.807, 2.05) is 0 Å². The summed E-state index contributed by atoms with van der Waals surface area (Å²) >= 11 is 0. The number of nitrogens with zero attached hydrogens (tertiary/aromatic N) is 1. The molecule has 0 amide bonds. The Morgan fingerprint density at radius 1 is 0.597 bits per heavy atom. The fraction of sp³-hybridized carbons (Fsp3) is 0.303. The Hall–Kier alpha value is -6.18. The summed E-state index contributed by atoms with van der Waals surface area (Å²) < 4.78 is 0. The van der Waals surface area contributed by atoms with Crippen LogP contribution in [-0.4, -0.2) is 5.54 Å². The Bertz CT molecular complexity index is 3000. The highest BCUT2D eigenvalue weighted by Crippen LogP contribution is 2.69. The number of anilines is 2. The summed E-state index contributed by atoms with van der Waals surface area (Å²) in [6.45, 7) is 15.0. The average Bonchev–Trinajstić information content (AvgIpc) is 3.80. The van der Waals surface area contributed by atoms with Crippen molar-refractivity contribution in [3.05, 3.63) is 249 Å². The zero-order valence-electron chi connectivity index (χ0n) is 40.3. The van der Waals surface area contributed by atoms with Gasteiger partial charge < -0.3 is 4.90 Å². The Morgan fingerprint density at radius 3 is 2.00 bits per heavy atom. The molecule has 0 aromatic heterocycles. The third-order valence-electron chi connectivity index (χ3n) is 17.6. The summed E-state index contributed by atoms with van der Waals surface area (Å²) in [5.41, 5.74) is 20.3. The number of benzene rings is 5. The first-order valence-electron chi connectivity index (χ1n) is 25.5. The van der Waals surface area contributed by atoms with Crippen molar-refractivity contribution in [2.45, 2.75) is 84.6 Å². The number of allylic oxidation sites excluding steroid dienone is 14. The van der Waals surface area contributed by atoms with Crippen LogP contribution in [0.4, 0.5) is 11.4 Å². The summed E-state index contributed by atoms with van der Waals surface area (Å²) in [5, 5.41) is 0. The highest BCUT2D eigenvalue weighted by atomic mass is 15.2. The molecule has 0 fully saturated rings. The second kappa shape index (κ2) is 16.0. The predicted molar refractivity (Wildman–Crippen MR) is 281 cm³/mol. The van der Waals surface area contributed by atoms with Crippen LogP contribution >= 0.6 is 0 Å². The lowest BCUT2D eigenvalue weighted by Crippen LogP contribution is -2.45. The zero-order chi connectivity index (χ0) is 45.7. The molecule has 1 heteroatoms. The van der Waals surface area contributed by atoms with Gasteiger partial charge in [-0.3, -0.25) is 0 Å². The average molecular weight is 872 g/mol. The van der Waals surface area contributed by atoms with Crippen molar-refractivity contribution in [3.8, 4) is 11.1 Å². The highest BCUT2D eigenvalue weighted by Gasteiger charge is 2.59. The molecule has 67 heavy (non-hydrogen) atoms. The first kappa shape index (κ1) is 42.2. The summed E-state index contributed by atoms with van der Waals surface area (Å²) in [4.78, 5) is 2.70. The molecule has 0 heterocycles. The van der Waals surface area contributed by atoms with Crippen molar-refractivity contribution in [1.82, 2.24) is 0 Å². The Balaban J connectivity index is 1.11. The van der Waals surface area contributed by atoms with E-state index in [9.17, 15) is 0 Å². The van der Waals surface area contributed by atoms with Crippen LogP contribution in [0.15, 0.2) is 227 Å². The van der Waals surface area contributed by atoms with Crippen LogP contribution in [0.2, 0.25) is 0 Å². The summed E-state index contributed by atoms with van der Waals surface area (Å²) in [5.74, 6) is 3.03. The molecule has 0 saturated carbocycles. The fourth-order valence-corrected chi connectivity index (χ4v) is 14.4. The normalized spacial score (nSPS) is 29.9. The van der Waals surface area contributed by atoms with Gasteiger partial charge in [0.25, 0.3) is 0 Å². The molecule has 0 bridgehead atoms. The molecule has 0 saturated heterocycles. The predicted octanol–water partition coefficient (Wildman–Crippen LogP) is 16.8. The number of hydrogen-bond acceptors (Lipinski definition) is 1. The van der Waals surface area contributed by atoms with Gasteiger partial charge in [0.1, 0.15) is 0 Å². The van der Waals surface area contributed by atoms with Crippen molar-refractivity contribution in [2.75, 3.05) is 4.90 Å². The van der Waals surface area contributed by atoms with E-state index in [0.717, 1.165) is 32.1 Å². The van der Waals surface area contributed by atoms with E-state index in [4.69, 9.17) is 0 Å². The van der Waals surface area contributed by atoms with Crippen molar-refractivity contribution < 1.29 is 0 Å². The molecule has 0 spiro atoms. The van der Waals surface area contributed by atoms with Gasteiger partial charge in [-0.05, 0) is 171 Å². The van der Waals surface area contributed by atoms with E-state index in [1.165, 1.54) is 50.3 Å². The van der Waals surface area contributed by atoms with Crippen LogP contribution in [0.1, 0.15) is 95.9 Å². The van der Waals surface area contributed by atoms with Crippen LogP contribution in [0.5, 0.6) is 0 Å². The number of rotatable bonds is 7. The van der Waals surface area contributed by atoms with Crippen molar-refractivity contribution in [3.63, 3.8) is 0 Å². The number of fused-ring (bicyclic) bond motifs is 6. The smallest absolute Gasteiger partial charge is 0.0714 e. The molecule has 0 N–H and O–H groups in total. The van der Waals surface area contributed by atoms with Crippen molar-refractivity contribution in [1.29, 1.82) is 0 Å². The van der Waals surface area contributed by atoms with Gasteiger partial charge in [0.15, 0.2) is 0 Å². The van der Waals surface area contributed by atoms with Gasteiger partial charge in [-0.15, -0.1) is 0 Å². The quantitative estimate of drug-likeness (QED) is 0.145. The van der Waals surface area contributed by atoms with Crippen LogP contribution in [0.25, 0.3) is 11.1 Å². The minimum Gasteiger partial charge on any atom is -0.332 e. The van der Waals surface area contributed by atoms with Gasteiger partial charge in [-0.1, -0.05) is 198 Å². The topological polar surface area (TPSA) is 3.24 Å². The maximum Gasteiger partial charge on any atom is 0.0714 e. The third-order valence-corrected chi connectivity index (χ3v) is 17.6. The molecule has 8 atom stereocenters. The van der Waals surface area contributed by atoms with Crippen molar-refractivity contribution >= 4 is 11.4 Å². The van der Waals surface area contributed by atoms with Gasteiger partial charge in [0.2, 0.25) is 0 Å². The molecule has 12 rings (SSSR count). The lowest BCUT2D eigenvalue weighted by molar-refractivity contribution is 0.203. The molecule has 0 radical (unpaired) electrons. The Morgan fingerprint density at radius 2 is 1.28 bits per heavy atom. The molecule has 8 unspecified atom stereocenters. The molecular formula is C66H65N. The second-order valence-electron chi connectivity index (χ2n) is 21.6. The molecule has 0 aliphatic heterocycles. The van der Waals surface area contributed by atoms with Crippen LogP contribution in [-0.2, 0) is 5.41 Å². The minimum absolute atomic E-state index is 0.209. The van der Waals surface area contributed by atoms with Gasteiger partial charge in [0, 0.05) is 16.8 Å². The van der Waals surface area contributed by atoms with E-state index < -0.39 is 5.41 Å². The Kier molecular flexibility index (Phi) is 10.1. The van der Waals surface area contributed by atoms with E-state index in [1.54, 1.807) is 33.4 Å². The maximum atomic E-state index is 2.78. The van der Waals surface area contributed by atoms with Gasteiger partial charge in [-0.25, -0.2) is 0 Å². The molecule has 1 nitrogen and oxygen atoms in total. The van der Waals surface area contributed by atoms with Gasteiger partial charge >= 0.3 is 0 Å². The van der Waals surface area contributed by atoms with E-state index in [-0.39, 0.29) is 11.0 Å². The molecule has 7 aliphatic rings. The fourth-order valence-electron chi connectivity index (χ4n) is 14.4. The van der Waals surface area contributed by atoms with E-state index in [0.29, 0.717) is 35.5 Å². The second-order valence-corrected chi connectivity index (χ2v) is 21.6. The lowest BCUT2D eigenvalue weighted by atomic mass is 9.53. The molecule has 7 aliphatic carbocycles. The SMILES string of the molecule is CC1C=CC(C2(C3C=CCC(C)C3C)C3=CCC(C)(N(c4ccccc4)c4ccc5c(c4)C(c4ccccc4)(c4ccccc4)c4ccccc4-5)C=C3C3=C2CC(C)C2=C3C(C)CC=C2)=CC1. The number of para-hydroxylation sites is 1. The summed E-state index contributed by atoms with van der Waals surface area (Å²) in [7, 11) is 0.